The molecule has 0 saturated heterocycles. The molecule has 0 aromatic carbocycles. The number of hydrogen-bond donors (Lipinski definition) is 0. The first-order chi connectivity index (χ1) is 6.20. The molecule has 0 radical (unpaired) electrons. The molecule has 0 nitrogen and oxygen atoms in total. The molecular formula is C10H19ClI2. The van der Waals surface area contributed by atoms with Crippen molar-refractivity contribution in [2.24, 2.45) is 0 Å². The fourth-order valence-electron chi connectivity index (χ4n) is 1.26. The van der Waals surface area contributed by atoms with Gasteiger partial charge in [-0.25, -0.2) is 0 Å². The van der Waals surface area contributed by atoms with E-state index in [-0.39, 0.29) is 0 Å². The minimum absolute atomic E-state index is 0.418. The van der Waals surface area contributed by atoms with Crippen LogP contribution in [0.4, 0.5) is 0 Å². The summed E-state index contributed by atoms with van der Waals surface area (Å²) in [6.07, 6.45) is 7.61. The highest BCUT2D eigenvalue weighted by molar-refractivity contribution is 14.1. The van der Waals surface area contributed by atoms with E-state index in [1.807, 2.05) is 0 Å². The fourth-order valence-corrected chi connectivity index (χ4v) is 2.85. The van der Waals surface area contributed by atoms with Gasteiger partial charge in [-0.1, -0.05) is 58.5 Å². The Bertz CT molecular complexity index is 109. The van der Waals surface area contributed by atoms with Gasteiger partial charge in [0.05, 0.1) is 0 Å². The van der Waals surface area contributed by atoms with Crippen LogP contribution in [-0.4, -0.2) is 13.7 Å². The Hall–Kier alpha value is 1.75. The first-order valence-electron chi connectivity index (χ1n) is 5.04. The van der Waals surface area contributed by atoms with E-state index in [0.29, 0.717) is 5.38 Å². The first-order valence-corrected chi connectivity index (χ1v) is 8.25. The maximum atomic E-state index is 6.15. The molecule has 0 fully saturated rings. The van der Waals surface area contributed by atoms with E-state index in [0.717, 1.165) is 3.92 Å². The molecule has 2 unspecified atom stereocenters. The Kier molecular flexibility index (Phi) is 11.7. The first kappa shape index (κ1) is 14.8. The van der Waals surface area contributed by atoms with Crippen molar-refractivity contribution >= 4 is 56.8 Å². The van der Waals surface area contributed by atoms with Crippen LogP contribution in [-0.2, 0) is 0 Å². The third kappa shape index (κ3) is 10.0. The van der Waals surface area contributed by atoms with Crippen molar-refractivity contribution in [3.63, 3.8) is 0 Å². The number of rotatable bonds is 8. The van der Waals surface area contributed by atoms with Gasteiger partial charge in [0.25, 0.3) is 0 Å². The molecule has 0 aromatic rings. The van der Waals surface area contributed by atoms with E-state index in [9.17, 15) is 0 Å². The van der Waals surface area contributed by atoms with Gasteiger partial charge in [0.2, 0.25) is 0 Å². The van der Waals surface area contributed by atoms with Crippen molar-refractivity contribution in [2.75, 3.05) is 4.43 Å². The molecule has 0 spiro atoms. The summed E-state index contributed by atoms with van der Waals surface area (Å²) in [5, 5.41) is 0.418. The van der Waals surface area contributed by atoms with Crippen molar-refractivity contribution < 1.29 is 0 Å². The monoisotopic (exact) mass is 428 g/mol. The highest BCUT2D eigenvalue weighted by Crippen LogP contribution is 2.20. The Morgan fingerprint density at radius 1 is 1.15 bits per heavy atom. The predicted octanol–water partition coefficient (Wildman–Crippen LogP) is 5.19. The zero-order valence-electron chi connectivity index (χ0n) is 8.24. The van der Waals surface area contributed by atoms with Crippen LogP contribution in [0.15, 0.2) is 0 Å². The van der Waals surface area contributed by atoms with Crippen LogP contribution in [0.3, 0.4) is 0 Å². The Morgan fingerprint density at radius 2 is 1.85 bits per heavy atom. The Morgan fingerprint density at radius 3 is 2.38 bits per heavy atom. The van der Waals surface area contributed by atoms with Crippen LogP contribution in [0.1, 0.15) is 45.4 Å². The van der Waals surface area contributed by atoms with E-state index in [1.54, 1.807) is 0 Å². The lowest BCUT2D eigenvalue weighted by Crippen LogP contribution is -2.04. The summed E-state index contributed by atoms with van der Waals surface area (Å²) < 4.78 is 2.13. The second-order valence-electron chi connectivity index (χ2n) is 3.39. The second kappa shape index (κ2) is 10.3. The fraction of sp³-hybridized carbons (Fsp3) is 1.00. The molecule has 0 saturated carbocycles. The molecule has 0 aliphatic rings. The summed E-state index contributed by atoms with van der Waals surface area (Å²) in [6, 6.07) is 0. The molecule has 0 aromatic heterocycles. The minimum Gasteiger partial charge on any atom is -0.123 e. The molecule has 13 heavy (non-hydrogen) atoms. The third-order valence-corrected chi connectivity index (χ3v) is 4.49. The number of hydrogen-bond acceptors (Lipinski definition) is 0. The SMILES string of the molecule is CCCC(Cl)CCC(I)CCCI. The lowest BCUT2D eigenvalue weighted by Gasteiger charge is -2.11. The maximum Gasteiger partial charge on any atom is 0.0336 e. The summed E-state index contributed by atoms with van der Waals surface area (Å²) in [5.74, 6) is 0. The number of alkyl halides is 3. The van der Waals surface area contributed by atoms with Crippen LogP contribution in [0, 0.1) is 0 Å². The highest BCUT2D eigenvalue weighted by atomic mass is 127. The van der Waals surface area contributed by atoms with Crippen LogP contribution in [0.25, 0.3) is 0 Å². The van der Waals surface area contributed by atoms with Crippen molar-refractivity contribution in [3.05, 3.63) is 0 Å². The van der Waals surface area contributed by atoms with Crippen molar-refractivity contribution in [1.82, 2.24) is 0 Å². The molecule has 0 heterocycles. The summed E-state index contributed by atoms with van der Waals surface area (Å²) in [6.45, 7) is 2.20. The topological polar surface area (TPSA) is 0 Å². The molecule has 2 atom stereocenters. The lowest BCUT2D eigenvalue weighted by molar-refractivity contribution is 0.614. The zero-order valence-corrected chi connectivity index (χ0v) is 13.3. The summed E-state index contributed by atoms with van der Waals surface area (Å²) in [7, 11) is 0. The molecule has 0 bridgehead atoms. The van der Waals surface area contributed by atoms with Gasteiger partial charge >= 0.3 is 0 Å². The van der Waals surface area contributed by atoms with Gasteiger partial charge in [0.1, 0.15) is 0 Å². The normalized spacial score (nSPS) is 15.7. The summed E-state index contributed by atoms with van der Waals surface area (Å²) in [5.41, 5.74) is 0. The van der Waals surface area contributed by atoms with E-state index in [4.69, 9.17) is 11.6 Å². The van der Waals surface area contributed by atoms with Gasteiger partial charge in [-0.2, -0.15) is 0 Å². The Balaban J connectivity index is 3.29. The zero-order chi connectivity index (χ0) is 10.1. The van der Waals surface area contributed by atoms with Crippen molar-refractivity contribution in [1.29, 1.82) is 0 Å². The smallest absolute Gasteiger partial charge is 0.0336 e. The van der Waals surface area contributed by atoms with Gasteiger partial charge in [-0.15, -0.1) is 11.6 Å². The van der Waals surface area contributed by atoms with Crippen LogP contribution in [0.2, 0.25) is 0 Å². The molecular weight excluding hydrogens is 409 g/mol. The minimum atomic E-state index is 0.418. The molecule has 0 rings (SSSR count). The van der Waals surface area contributed by atoms with E-state index < -0.39 is 0 Å². The molecule has 0 aliphatic carbocycles. The van der Waals surface area contributed by atoms with E-state index in [1.165, 1.54) is 43.0 Å². The van der Waals surface area contributed by atoms with E-state index >= 15 is 0 Å². The standard InChI is InChI=1S/C10H19ClI2/c1-2-4-9(11)6-7-10(13)5-3-8-12/h9-10H,2-8H2,1H3. The largest absolute Gasteiger partial charge is 0.123 e. The quantitative estimate of drug-likeness (QED) is 0.369. The van der Waals surface area contributed by atoms with Crippen molar-refractivity contribution in [2.45, 2.75) is 54.8 Å². The Labute approximate surface area is 115 Å². The highest BCUT2D eigenvalue weighted by Gasteiger charge is 2.08. The molecule has 80 valence electrons. The molecule has 0 amide bonds. The van der Waals surface area contributed by atoms with Crippen molar-refractivity contribution in [3.8, 4) is 0 Å². The molecule has 0 aliphatic heterocycles. The van der Waals surface area contributed by atoms with Crippen LogP contribution in [0.5, 0.6) is 0 Å². The van der Waals surface area contributed by atoms with Gasteiger partial charge in [-0.05, 0) is 36.5 Å². The molecule has 3 heteroatoms. The van der Waals surface area contributed by atoms with Gasteiger partial charge in [0, 0.05) is 9.30 Å². The second-order valence-corrected chi connectivity index (χ2v) is 6.85. The predicted molar refractivity (Wildman–Crippen MR) is 79.7 cm³/mol. The summed E-state index contributed by atoms with van der Waals surface area (Å²) in [4.78, 5) is 0. The average Bonchev–Trinajstić information content (AvgIpc) is 2.12. The maximum absolute atomic E-state index is 6.15. The molecule has 0 N–H and O–H groups in total. The summed E-state index contributed by atoms with van der Waals surface area (Å²) >= 11 is 11.2. The van der Waals surface area contributed by atoms with Gasteiger partial charge in [-0.3, -0.25) is 0 Å². The van der Waals surface area contributed by atoms with Gasteiger partial charge < -0.3 is 0 Å². The average molecular weight is 429 g/mol. The third-order valence-electron chi connectivity index (χ3n) is 2.05. The van der Waals surface area contributed by atoms with E-state index in [2.05, 4.69) is 52.1 Å². The number of halogens is 3. The van der Waals surface area contributed by atoms with Crippen LogP contribution >= 0.6 is 56.8 Å². The van der Waals surface area contributed by atoms with Crippen LogP contribution < -0.4 is 0 Å². The lowest BCUT2D eigenvalue weighted by atomic mass is 10.1. The van der Waals surface area contributed by atoms with Gasteiger partial charge in [0.15, 0.2) is 0 Å².